The number of ether oxygens (including phenoxy) is 1. The highest BCUT2D eigenvalue weighted by molar-refractivity contribution is 5.99. The van der Waals surface area contributed by atoms with E-state index in [4.69, 9.17) is 4.74 Å². The standard InChI is InChI=1S/C34H34O/c1-5-21-15-17-25-19-23(7-3)33(29-13-9-11-27(21)31(25)29)35-34-24(8-4)20-26-18-16-22(6-2)28-12-10-14-30(34)32(26)28/h9-20,33-34H,5-8H2,1-4H3. The van der Waals surface area contributed by atoms with Crippen molar-refractivity contribution >= 4 is 33.7 Å². The van der Waals surface area contributed by atoms with Crippen LogP contribution in [0.2, 0.25) is 0 Å². The van der Waals surface area contributed by atoms with Crippen molar-refractivity contribution in [2.24, 2.45) is 0 Å². The Bertz CT molecular complexity index is 1400. The van der Waals surface area contributed by atoms with Crippen LogP contribution in [0.25, 0.3) is 33.7 Å². The van der Waals surface area contributed by atoms with Gasteiger partial charge in [-0.25, -0.2) is 0 Å². The van der Waals surface area contributed by atoms with E-state index in [0.29, 0.717) is 0 Å². The molecule has 4 aromatic rings. The molecule has 2 aliphatic carbocycles. The van der Waals surface area contributed by atoms with Gasteiger partial charge in [-0.05, 0) is 91.8 Å². The van der Waals surface area contributed by atoms with Gasteiger partial charge in [0, 0.05) is 0 Å². The average molecular weight is 459 g/mol. The number of hydrogen-bond acceptors (Lipinski definition) is 1. The lowest BCUT2D eigenvalue weighted by molar-refractivity contribution is 0.0252. The van der Waals surface area contributed by atoms with Gasteiger partial charge in [0.1, 0.15) is 12.2 Å². The monoisotopic (exact) mass is 458 g/mol. The lowest BCUT2D eigenvalue weighted by Crippen LogP contribution is -2.18. The maximum absolute atomic E-state index is 7.24. The summed E-state index contributed by atoms with van der Waals surface area (Å²) in [7, 11) is 0. The molecule has 2 atom stereocenters. The lowest BCUT2D eigenvalue weighted by Gasteiger charge is -2.34. The van der Waals surface area contributed by atoms with Crippen molar-refractivity contribution in [1.29, 1.82) is 0 Å². The predicted octanol–water partition coefficient (Wildman–Crippen LogP) is 9.53. The van der Waals surface area contributed by atoms with Crippen molar-refractivity contribution < 1.29 is 4.74 Å². The molecule has 2 aliphatic rings. The summed E-state index contributed by atoms with van der Waals surface area (Å²) in [6, 6.07) is 22.8. The number of benzene rings is 4. The van der Waals surface area contributed by atoms with Crippen LogP contribution in [0.1, 0.15) is 86.1 Å². The van der Waals surface area contributed by atoms with E-state index >= 15 is 0 Å². The van der Waals surface area contributed by atoms with Crippen molar-refractivity contribution in [1.82, 2.24) is 0 Å². The topological polar surface area (TPSA) is 9.23 Å². The maximum atomic E-state index is 7.24. The maximum Gasteiger partial charge on any atom is 0.106 e. The van der Waals surface area contributed by atoms with Gasteiger partial charge in [-0.15, -0.1) is 0 Å². The molecule has 0 aromatic heterocycles. The summed E-state index contributed by atoms with van der Waals surface area (Å²) in [5.41, 5.74) is 10.9. The van der Waals surface area contributed by atoms with Gasteiger partial charge in [0.25, 0.3) is 0 Å². The molecule has 0 saturated carbocycles. The molecule has 1 heteroatoms. The van der Waals surface area contributed by atoms with E-state index in [9.17, 15) is 0 Å². The molecule has 176 valence electrons. The highest BCUT2D eigenvalue weighted by Gasteiger charge is 2.32. The van der Waals surface area contributed by atoms with Crippen LogP contribution < -0.4 is 0 Å². The van der Waals surface area contributed by atoms with Gasteiger partial charge < -0.3 is 4.74 Å². The summed E-state index contributed by atoms with van der Waals surface area (Å²) in [6.45, 7) is 9.01. The van der Waals surface area contributed by atoms with E-state index in [-0.39, 0.29) is 12.2 Å². The third kappa shape index (κ3) is 3.40. The van der Waals surface area contributed by atoms with Crippen LogP contribution >= 0.6 is 0 Å². The minimum absolute atomic E-state index is 0.0329. The zero-order chi connectivity index (χ0) is 24.1. The molecular formula is C34H34O. The van der Waals surface area contributed by atoms with Crippen molar-refractivity contribution in [3.05, 3.63) is 105 Å². The van der Waals surface area contributed by atoms with E-state index in [1.165, 1.54) is 66.1 Å². The van der Waals surface area contributed by atoms with Crippen LogP contribution in [-0.4, -0.2) is 0 Å². The zero-order valence-electron chi connectivity index (χ0n) is 21.3. The van der Waals surface area contributed by atoms with Gasteiger partial charge in [0.15, 0.2) is 0 Å². The van der Waals surface area contributed by atoms with Gasteiger partial charge in [-0.3, -0.25) is 0 Å². The molecule has 2 unspecified atom stereocenters. The molecule has 0 saturated heterocycles. The molecule has 0 radical (unpaired) electrons. The van der Waals surface area contributed by atoms with Crippen molar-refractivity contribution in [3.63, 3.8) is 0 Å². The molecule has 1 nitrogen and oxygen atoms in total. The summed E-state index contributed by atoms with van der Waals surface area (Å²) in [5.74, 6) is 0. The molecule has 35 heavy (non-hydrogen) atoms. The molecule has 4 aromatic carbocycles. The Morgan fingerprint density at radius 3 is 1.40 bits per heavy atom. The second-order valence-corrected chi connectivity index (χ2v) is 9.92. The number of aryl methyl sites for hydroxylation is 2. The SMILES string of the molecule is CCC1=Cc2ccc(CC)c3cccc(c23)C1OC1C(CC)=Cc2ccc(CC)c3cccc1c23. The Balaban J connectivity index is 1.53. The second-order valence-electron chi connectivity index (χ2n) is 9.92. The molecule has 0 heterocycles. The molecule has 0 fully saturated rings. The van der Waals surface area contributed by atoms with Gasteiger partial charge in [0.2, 0.25) is 0 Å². The van der Waals surface area contributed by atoms with Crippen LogP contribution in [0.4, 0.5) is 0 Å². The fourth-order valence-corrected chi connectivity index (χ4v) is 6.32. The number of hydrogen-bond donors (Lipinski definition) is 0. The van der Waals surface area contributed by atoms with E-state index in [1.54, 1.807) is 0 Å². The van der Waals surface area contributed by atoms with E-state index < -0.39 is 0 Å². The smallest absolute Gasteiger partial charge is 0.106 e. The molecular weight excluding hydrogens is 424 g/mol. The third-order valence-electron chi connectivity index (χ3n) is 8.16. The summed E-state index contributed by atoms with van der Waals surface area (Å²) in [4.78, 5) is 0. The van der Waals surface area contributed by atoms with Gasteiger partial charge in [0.05, 0.1) is 0 Å². The Morgan fingerprint density at radius 2 is 1.00 bits per heavy atom. The van der Waals surface area contributed by atoms with E-state index in [0.717, 1.165) is 25.7 Å². The normalized spacial score (nSPS) is 18.6. The highest BCUT2D eigenvalue weighted by atomic mass is 16.5. The third-order valence-corrected chi connectivity index (χ3v) is 8.16. The van der Waals surface area contributed by atoms with E-state index in [1.807, 2.05) is 0 Å². The minimum Gasteiger partial charge on any atom is -0.357 e. The minimum atomic E-state index is -0.0329. The molecule has 0 aliphatic heterocycles. The van der Waals surface area contributed by atoms with Crippen LogP contribution in [0.5, 0.6) is 0 Å². The van der Waals surface area contributed by atoms with Gasteiger partial charge in [-0.1, -0.05) is 101 Å². The fourth-order valence-electron chi connectivity index (χ4n) is 6.32. The summed E-state index contributed by atoms with van der Waals surface area (Å²) in [5, 5.41) is 5.49. The first-order chi connectivity index (χ1) is 17.2. The van der Waals surface area contributed by atoms with Crippen LogP contribution in [0, 0.1) is 0 Å². The highest BCUT2D eigenvalue weighted by Crippen LogP contribution is 2.48. The summed E-state index contributed by atoms with van der Waals surface area (Å²) < 4.78 is 7.24. The first kappa shape index (κ1) is 22.3. The molecule has 0 N–H and O–H groups in total. The summed E-state index contributed by atoms with van der Waals surface area (Å²) in [6.07, 6.45) is 8.76. The Morgan fingerprint density at radius 1 is 0.543 bits per heavy atom. The van der Waals surface area contributed by atoms with Crippen molar-refractivity contribution in [2.75, 3.05) is 0 Å². The number of rotatable bonds is 6. The van der Waals surface area contributed by atoms with Crippen LogP contribution in [0.3, 0.4) is 0 Å². The van der Waals surface area contributed by atoms with Gasteiger partial charge >= 0.3 is 0 Å². The first-order valence-electron chi connectivity index (χ1n) is 13.3. The quantitative estimate of drug-likeness (QED) is 0.279. The van der Waals surface area contributed by atoms with E-state index in [2.05, 4.69) is 101 Å². The zero-order valence-corrected chi connectivity index (χ0v) is 21.3. The molecule has 0 bridgehead atoms. The van der Waals surface area contributed by atoms with Crippen LogP contribution in [-0.2, 0) is 17.6 Å². The Kier molecular flexibility index (Phi) is 5.61. The lowest BCUT2D eigenvalue weighted by atomic mass is 9.82. The first-order valence-corrected chi connectivity index (χ1v) is 13.3. The Hall–Kier alpha value is -3.16. The molecule has 0 spiro atoms. The van der Waals surface area contributed by atoms with Crippen molar-refractivity contribution in [2.45, 2.75) is 65.6 Å². The predicted molar refractivity (Wildman–Crippen MR) is 150 cm³/mol. The molecule has 6 rings (SSSR count). The summed E-state index contributed by atoms with van der Waals surface area (Å²) >= 11 is 0. The van der Waals surface area contributed by atoms with Gasteiger partial charge in [-0.2, -0.15) is 0 Å². The largest absolute Gasteiger partial charge is 0.357 e. The molecule has 0 amide bonds. The second kappa shape index (κ2) is 8.81. The Labute approximate surface area is 209 Å². The van der Waals surface area contributed by atoms with Crippen molar-refractivity contribution in [3.8, 4) is 0 Å². The van der Waals surface area contributed by atoms with Crippen LogP contribution in [0.15, 0.2) is 71.8 Å². The average Bonchev–Trinajstić information content (AvgIpc) is 2.91. The fraction of sp³-hybridized carbons (Fsp3) is 0.294.